The molecule has 1 saturated heterocycles. The van der Waals surface area contributed by atoms with Crippen LogP contribution in [0.4, 0.5) is 0 Å². The number of aromatic nitrogens is 2. The van der Waals surface area contributed by atoms with E-state index in [4.69, 9.17) is 28.4 Å². The van der Waals surface area contributed by atoms with E-state index in [1.54, 1.807) is 42.5 Å². The number of methoxy groups -OCH3 is 1. The Morgan fingerprint density at radius 3 is 2.14 bits per heavy atom. The second-order valence-corrected chi connectivity index (χ2v) is 9.55. The number of esters is 5. The lowest BCUT2D eigenvalue weighted by atomic mass is 9.89. The van der Waals surface area contributed by atoms with Crippen LogP contribution in [0, 0.1) is 0 Å². The van der Waals surface area contributed by atoms with Crippen molar-refractivity contribution in [3.05, 3.63) is 53.6 Å². The smallest absolute Gasteiger partial charge is 0.337 e. The van der Waals surface area contributed by atoms with Gasteiger partial charge in [0.25, 0.3) is 0 Å². The molecule has 1 aliphatic heterocycles. The number of hydrogen-bond donors (Lipinski definition) is 1. The summed E-state index contributed by atoms with van der Waals surface area (Å²) in [6.07, 6.45) is -5.90. The van der Waals surface area contributed by atoms with Crippen LogP contribution in [0.5, 0.6) is 0 Å². The van der Waals surface area contributed by atoms with Gasteiger partial charge in [0.05, 0.1) is 23.7 Å². The van der Waals surface area contributed by atoms with Gasteiger partial charge in [-0.05, 0) is 29.8 Å². The summed E-state index contributed by atoms with van der Waals surface area (Å²) in [6, 6.07) is 11.9. The monoisotopic (exact) mass is 582 g/mol. The first-order valence-electron chi connectivity index (χ1n) is 13.0. The quantitative estimate of drug-likeness (QED) is 0.305. The first kappa shape index (κ1) is 30.2. The third kappa shape index (κ3) is 6.92. The Bertz CT molecular complexity index is 1510. The molecule has 13 nitrogen and oxygen atoms in total. The highest BCUT2D eigenvalue weighted by Gasteiger charge is 2.52. The molecule has 13 heteroatoms. The molecule has 0 radical (unpaired) electrons. The molecule has 0 amide bonds. The summed E-state index contributed by atoms with van der Waals surface area (Å²) < 4.78 is 32.8. The van der Waals surface area contributed by atoms with Crippen molar-refractivity contribution in [2.75, 3.05) is 13.7 Å². The molecular weight excluding hydrogens is 552 g/mol. The molecule has 1 aliphatic rings. The fourth-order valence-electron chi connectivity index (χ4n) is 4.75. The topological polar surface area (TPSA) is 169 Å². The van der Waals surface area contributed by atoms with Crippen LogP contribution in [-0.4, -0.2) is 77.9 Å². The summed E-state index contributed by atoms with van der Waals surface area (Å²) in [7, 11) is 1.29. The maximum atomic E-state index is 12.2. The first-order valence-corrected chi connectivity index (χ1v) is 13.0. The van der Waals surface area contributed by atoms with Gasteiger partial charge in [-0.3, -0.25) is 19.2 Å². The molecule has 1 N–H and O–H groups in total. The number of fused-ring (bicyclic) bond motifs is 1. The highest BCUT2D eigenvalue weighted by atomic mass is 16.7. The molecule has 0 spiro atoms. The fraction of sp³-hybridized carbons (Fsp3) is 0.379. The number of H-pyrrole nitrogens is 1. The zero-order chi connectivity index (χ0) is 30.6. The van der Waals surface area contributed by atoms with Crippen LogP contribution in [0.15, 0.2) is 42.5 Å². The third-order valence-electron chi connectivity index (χ3n) is 6.38. The highest BCUT2D eigenvalue weighted by molar-refractivity contribution is 5.94. The van der Waals surface area contributed by atoms with Crippen LogP contribution in [0.2, 0.25) is 0 Å². The molecule has 5 atom stereocenters. The minimum atomic E-state index is -1.29. The SMILES string of the molecule is COC(=O)c1ccc2[nH]c(-c3cccc([C@H]4O[C@H](COC(C)=O)[C@@H](OC(C)=O)[C@H](OC(C)=O)[C@@H]4OC(C)=O)c3)nc2c1. The Morgan fingerprint density at radius 2 is 1.50 bits per heavy atom. The van der Waals surface area contributed by atoms with Gasteiger partial charge in [0.15, 0.2) is 18.3 Å². The van der Waals surface area contributed by atoms with Gasteiger partial charge in [-0.15, -0.1) is 0 Å². The molecule has 0 bridgehead atoms. The van der Waals surface area contributed by atoms with Crippen molar-refractivity contribution in [1.82, 2.24) is 9.97 Å². The van der Waals surface area contributed by atoms with Crippen LogP contribution < -0.4 is 0 Å². The van der Waals surface area contributed by atoms with E-state index in [0.29, 0.717) is 33.5 Å². The van der Waals surface area contributed by atoms with Gasteiger partial charge in [0.1, 0.15) is 24.6 Å². The predicted molar refractivity (Wildman–Crippen MR) is 144 cm³/mol. The lowest BCUT2D eigenvalue weighted by Gasteiger charge is -2.44. The minimum Gasteiger partial charge on any atom is -0.465 e. The number of nitrogens with one attached hydrogen (secondary N) is 1. The lowest BCUT2D eigenvalue weighted by molar-refractivity contribution is -0.254. The highest BCUT2D eigenvalue weighted by Crippen LogP contribution is 2.38. The molecule has 222 valence electrons. The van der Waals surface area contributed by atoms with Crippen molar-refractivity contribution in [3.8, 4) is 11.4 Å². The lowest BCUT2D eigenvalue weighted by Crippen LogP contribution is -2.59. The molecule has 0 unspecified atom stereocenters. The van der Waals surface area contributed by atoms with Gasteiger partial charge < -0.3 is 33.4 Å². The zero-order valence-electron chi connectivity index (χ0n) is 23.6. The van der Waals surface area contributed by atoms with Crippen LogP contribution in [-0.2, 0) is 47.6 Å². The molecule has 1 fully saturated rings. The van der Waals surface area contributed by atoms with E-state index < -0.39 is 60.4 Å². The van der Waals surface area contributed by atoms with Crippen molar-refractivity contribution in [3.63, 3.8) is 0 Å². The Balaban J connectivity index is 1.77. The molecule has 0 saturated carbocycles. The molecule has 1 aromatic heterocycles. The van der Waals surface area contributed by atoms with Crippen molar-refractivity contribution in [2.24, 2.45) is 0 Å². The number of nitrogens with zero attached hydrogens (tertiary/aromatic N) is 1. The van der Waals surface area contributed by atoms with E-state index >= 15 is 0 Å². The Kier molecular flexibility index (Phi) is 9.21. The van der Waals surface area contributed by atoms with Crippen LogP contribution >= 0.6 is 0 Å². The Hall–Kier alpha value is -4.78. The summed E-state index contributed by atoms with van der Waals surface area (Å²) in [6.45, 7) is 4.37. The summed E-state index contributed by atoms with van der Waals surface area (Å²) in [5.41, 5.74) is 2.67. The van der Waals surface area contributed by atoms with E-state index in [1.807, 2.05) is 0 Å². The number of carbonyl (C=O) groups is 5. The van der Waals surface area contributed by atoms with Gasteiger partial charge in [-0.2, -0.15) is 0 Å². The molecule has 2 heterocycles. The van der Waals surface area contributed by atoms with Crippen molar-refractivity contribution in [1.29, 1.82) is 0 Å². The zero-order valence-corrected chi connectivity index (χ0v) is 23.6. The average molecular weight is 583 g/mol. The molecule has 4 rings (SSSR count). The molecule has 2 aromatic carbocycles. The van der Waals surface area contributed by atoms with Gasteiger partial charge in [-0.1, -0.05) is 18.2 Å². The van der Waals surface area contributed by atoms with E-state index in [1.165, 1.54) is 21.0 Å². The number of aromatic amines is 1. The summed E-state index contributed by atoms with van der Waals surface area (Å²) >= 11 is 0. The second kappa shape index (κ2) is 12.8. The van der Waals surface area contributed by atoms with Crippen molar-refractivity contribution >= 4 is 40.9 Å². The average Bonchev–Trinajstić information content (AvgIpc) is 3.36. The minimum absolute atomic E-state index is 0.333. The fourth-order valence-corrected chi connectivity index (χ4v) is 4.75. The number of rotatable bonds is 8. The summed E-state index contributed by atoms with van der Waals surface area (Å²) in [5.74, 6) is -2.75. The predicted octanol–water partition coefficient (Wildman–Crippen LogP) is 2.81. The van der Waals surface area contributed by atoms with Crippen LogP contribution in [0.3, 0.4) is 0 Å². The van der Waals surface area contributed by atoms with E-state index in [-0.39, 0.29) is 6.61 Å². The number of ether oxygens (including phenoxy) is 6. The van der Waals surface area contributed by atoms with Crippen LogP contribution in [0.25, 0.3) is 22.4 Å². The molecule has 0 aliphatic carbocycles. The second-order valence-electron chi connectivity index (χ2n) is 9.55. The van der Waals surface area contributed by atoms with Crippen LogP contribution in [0.1, 0.15) is 49.7 Å². The summed E-state index contributed by atoms with van der Waals surface area (Å²) in [5, 5.41) is 0. The van der Waals surface area contributed by atoms with E-state index in [0.717, 1.165) is 13.8 Å². The Labute approximate surface area is 240 Å². The number of hydrogen-bond acceptors (Lipinski definition) is 12. The van der Waals surface area contributed by atoms with Gasteiger partial charge in [0.2, 0.25) is 0 Å². The normalized spacial score (nSPS) is 21.7. The van der Waals surface area contributed by atoms with Gasteiger partial charge in [0, 0.05) is 33.3 Å². The third-order valence-corrected chi connectivity index (χ3v) is 6.38. The van der Waals surface area contributed by atoms with E-state index in [9.17, 15) is 24.0 Å². The standard InChI is InChI=1S/C29H30N2O11/c1-14(32)38-13-23-25(39-15(2)33)27(41-17(4)35)26(40-16(3)34)24(42-23)18-7-6-8-19(11-18)28-30-21-10-9-20(29(36)37-5)12-22(21)31-28/h6-12,23-27H,13H2,1-5H3,(H,30,31)/t23-,24-,25-,26-,27+/m1/s1. The number of imidazole rings is 1. The largest absolute Gasteiger partial charge is 0.465 e. The molecular formula is C29H30N2O11. The maximum Gasteiger partial charge on any atom is 0.337 e. The van der Waals surface area contributed by atoms with Crippen molar-refractivity contribution in [2.45, 2.75) is 58.2 Å². The molecule has 3 aromatic rings. The van der Waals surface area contributed by atoms with Gasteiger partial charge in [-0.25, -0.2) is 9.78 Å². The molecule has 42 heavy (non-hydrogen) atoms. The van der Waals surface area contributed by atoms with E-state index in [2.05, 4.69) is 9.97 Å². The first-order chi connectivity index (χ1) is 20.0. The summed E-state index contributed by atoms with van der Waals surface area (Å²) in [4.78, 5) is 67.7. The Morgan fingerprint density at radius 1 is 0.833 bits per heavy atom. The van der Waals surface area contributed by atoms with Gasteiger partial charge >= 0.3 is 29.8 Å². The van der Waals surface area contributed by atoms with Crippen molar-refractivity contribution < 1.29 is 52.4 Å². The number of benzene rings is 2. The number of carbonyl (C=O) groups excluding carboxylic acids is 5. The maximum absolute atomic E-state index is 12.2.